The number of hydrogen-bond acceptors (Lipinski definition) is 5. The summed E-state index contributed by atoms with van der Waals surface area (Å²) in [6.45, 7) is 2.36. The van der Waals surface area contributed by atoms with Crippen LogP contribution in [0.4, 0.5) is 5.69 Å². The molecule has 0 spiro atoms. The van der Waals surface area contributed by atoms with Crippen LogP contribution in [0, 0.1) is 0 Å². The van der Waals surface area contributed by atoms with Crippen molar-refractivity contribution >= 4 is 17.5 Å². The smallest absolute Gasteiger partial charge is 0.258 e. The molecule has 2 heterocycles. The van der Waals surface area contributed by atoms with E-state index in [0.29, 0.717) is 48.9 Å². The van der Waals surface area contributed by atoms with Gasteiger partial charge in [0.05, 0.1) is 36.6 Å². The number of ether oxygens (including phenoxy) is 1. The molecule has 1 aliphatic rings. The molecule has 1 aliphatic heterocycles. The molecule has 1 aromatic heterocycles. The highest BCUT2D eigenvalue weighted by molar-refractivity contribution is 6.08. The predicted octanol–water partition coefficient (Wildman–Crippen LogP) is 1.46. The number of furan rings is 1. The molecule has 24 heavy (non-hydrogen) atoms. The Morgan fingerprint density at radius 1 is 1.21 bits per heavy atom. The Kier molecular flexibility index (Phi) is 4.93. The summed E-state index contributed by atoms with van der Waals surface area (Å²) in [6, 6.07) is 8.53. The molecule has 7 nitrogen and oxygen atoms in total. The molecular formula is C17H19N3O4. The van der Waals surface area contributed by atoms with Crippen LogP contribution in [0.25, 0.3) is 0 Å². The molecule has 126 valence electrons. The third kappa shape index (κ3) is 3.47. The van der Waals surface area contributed by atoms with Gasteiger partial charge < -0.3 is 25.1 Å². The molecule has 3 N–H and O–H groups in total. The normalized spacial score (nSPS) is 14.5. The minimum absolute atomic E-state index is 0.121. The van der Waals surface area contributed by atoms with E-state index in [0.717, 1.165) is 0 Å². The van der Waals surface area contributed by atoms with Crippen LogP contribution in [0.3, 0.4) is 0 Å². The van der Waals surface area contributed by atoms with Gasteiger partial charge in [-0.15, -0.1) is 0 Å². The van der Waals surface area contributed by atoms with Crippen molar-refractivity contribution in [2.24, 2.45) is 5.73 Å². The molecule has 1 aromatic carbocycles. The lowest BCUT2D eigenvalue weighted by Crippen LogP contribution is -2.41. The molecule has 2 aromatic rings. The van der Waals surface area contributed by atoms with E-state index in [4.69, 9.17) is 14.9 Å². The molecule has 7 heteroatoms. The van der Waals surface area contributed by atoms with Crippen LogP contribution in [0.2, 0.25) is 0 Å². The minimum Gasteiger partial charge on any atom is -0.467 e. The summed E-state index contributed by atoms with van der Waals surface area (Å²) >= 11 is 0. The summed E-state index contributed by atoms with van der Waals surface area (Å²) in [7, 11) is 0. The van der Waals surface area contributed by atoms with Gasteiger partial charge in [-0.1, -0.05) is 12.1 Å². The second-order valence-corrected chi connectivity index (χ2v) is 5.41. The number of nitrogens with zero attached hydrogens (tertiary/aromatic N) is 1. The Balaban J connectivity index is 1.78. The van der Waals surface area contributed by atoms with E-state index in [9.17, 15) is 9.59 Å². The maximum Gasteiger partial charge on any atom is 0.258 e. The highest BCUT2D eigenvalue weighted by Gasteiger charge is 2.22. The second kappa shape index (κ2) is 7.29. The first-order chi connectivity index (χ1) is 11.7. The zero-order valence-electron chi connectivity index (χ0n) is 13.2. The van der Waals surface area contributed by atoms with Gasteiger partial charge in [0.15, 0.2) is 0 Å². The minimum atomic E-state index is -0.347. The van der Waals surface area contributed by atoms with Crippen LogP contribution in [-0.2, 0) is 11.3 Å². The standard InChI is InChI=1S/C17H19N3O4/c18-10-13-9-12(11-24-13)16(21)19-15-4-2-1-3-14(15)17(22)20-5-7-23-8-6-20/h1-4,9,11H,5-8,10,18H2,(H,19,21). The summed E-state index contributed by atoms with van der Waals surface area (Å²) in [4.78, 5) is 26.7. The number of nitrogens with one attached hydrogen (secondary N) is 1. The number of hydrogen-bond donors (Lipinski definition) is 2. The van der Waals surface area contributed by atoms with Crippen LogP contribution < -0.4 is 11.1 Å². The van der Waals surface area contributed by atoms with Gasteiger partial charge in [0, 0.05) is 13.1 Å². The molecule has 0 bridgehead atoms. The SMILES string of the molecule is NCc1cc(C(=O)Nc2ccccc2C(=O)N2CCOCC2)co1. The van der Waals surface area contributed by atoms with Crippen LogP contribution in [0.5, 0.6) is 0 Å². The molecule has 3 rings (SSSR count). The third-order valence-electron chi connectivity index (χ3n) is 3.82. The van der Waals surface area contributed by atoms with Crippen molar-refractivity contribution in [1.29, 1.82) is 0 Å². The average molecular weight is 329 g/mol. The number of rotatable bonds is 4. The van der Waals surface area contributed by atoms with Crippen LogP contribution in [0.1, 0.15) is 26.5 Å². The number of morpholine rings is 1. The van der Waals surface area contributed by atoms with E-state index in [2.05, 4.69) is 5.32 Å². The van der Waals surface area contributed by atoms with Gasteiger partial charge >= 0.3 is 0 Å². The largest absolute Gasteiger partial charge is 0.467 e. The lowest BCUT2D eigenvalue weighted by molar-refractivity contribution is 0.0303. The van der Waals surface area contributed by atoms with Gasteiger partial charge in [-0.2, -0.15) is 0 Å². The zero-order chi connectivity index (χ0) is 16.9. The molecule has 1 saturated heterocycles. The van der Waals surface area contributed by atoms with Gasteiger partial charge in [0.1, 0.15) is 12.0 Å². The van der Waals surface area contributed by atoms with Crippen LogP contribution in [0.15, 0.2) is 41.0 Å². The first kappa shape index (κ1) is 16.2. The van der Waals surface area contributed by atoms with Gasteiger partial charge in [-0.25, -0.2) is 0 Å². The maximum atomic E-state index is 12.7. The van der Waals surface area contributed by atoms with E-state index in [-0.39, 0.29) is 18.4 Å². The topological polar surface area (TPSA) is 97.8 Å². The van der Waals surface area contributed by atoms with Gasteiger partial charge in [-0.05, 0) is 18.2 Å². The molecule has 0 unspecified atom stereocenters. The summed E-state index contributed by atoms with van der Waals surface area (Å²) in [5.74, 6) is 0.0579. The first-order valence-corrected chi connectivity index (χ1v) is 7.74. The van der Waals surface area contributed by atoms with E-state index < -0.39 is 0 Å². The van der Waals surface area contributed by atoms with Gasteiger partial charge in [0.2, 0.25) is 0 Å². The van der Waals surface area contributed by atoms with E-state index >= 15 is 0 Å². The summed E-state index contributed by atoms with van der Waals surface area (Å²) in [5, 5.41) is 2.77. The van der Waals surface area contributed by atoms with E-state index in [1.54, 1.807) is 35.2 Å². The fourth-order valence-electron chi connectivity index (χ4n) is 2.52. The van der Waals surface area contributed by atoms with Crippen molar-refractivity contribution in [3.63, 3.8) is 0 Å². The van der Waals surface area contributed by atoms with Gasteiger partial charge in [0.25, 0.3) is 11.8 Å². The van der Waals surface area contributed by atoms with Crippen molar-refractivity contribution in [2.45, 2.75) is 6.54 Å². The molecule has 0 aliphatic carbocycles. The zero-order valence-corrected chi connectivity index (χ0v) is 13.2. The third-order valence-corrected chi connectivity index (χ3v) is 3.82. The fraction of sp³-hybridized carbons (Fsp3) is 0.294. The number of carbonyl (C=O) groups excluding carboxylic acids is 2. The number of nitrogens with two attached hydrogens (primary N) is 1. The molecule has 0 saturated carbocycles. The summed E-state index contributed by atoms with van der Waals surface area (Å²) in [5.41, 5.74) is 6.76. The second-order valence-electron chi connectivity index (χ2n) is 5.41. The Labute approximate surface area is 139 Å². The van der Waals surface area contributed by atoms with Crippen molar-refractivity contribution in [1.82, 2.24) is 4.90 Å². The molecular weight excluding hydrogens is 310 g/mol. The fourth-order valence-corrected chi connectivity index (χ4v) is 2.52. The van der Waals surface area contributed by atoms with E-state index in [1.807, 2.05) is 0 Å². The first-order valence-electron chi connectivity index (χ1n) is 7.74. The Morgan fingerprint density at radius 3 is 2.67 bits per heavy atom. The summed E-state index contributed by atoms with van der Waals surface area (Å²) in [6.07, 6.45) is 1.35. The molecule has 1 fully saturated rings. The maximum absolute atomic E-state index is 12.7. The van der Waals surface area contributed by atoms with Crippen molar-refractivity contribution in [2.75, 3.05) is 31.6 Å². The quantitative estimate of drug-likeness (QED) is 0.885. The Bertz CT molecular complexity index is 735. The van der Waals surface area contributed by atoms with Gasteiger partial charge in [-0.3, -0.25) is 9.59 Å². The van der Waals surface area contributed by atoms with Crippen LogP contribution >= 0.6 is 0 Å². The Hall–Kier alpha value is -2.64. The average Bonchev–Trinajstić information content (AvgIpc) is 3.12. The number of para-hydroxylation sites is 1. The lowest BCUT2D eigenvalue weighted by atomic mass is 10.1. The van der Waals surface area contributed by atoms with E-state index in [1.165, 1.54) is 6.26 Å². The van der Waals surface area contributed by atoms with Crippen molar-refractivity contribution in [3.05, 3.63) is 53.5 Å². The summed E-state index contributed by atoms with van der Waals surface area (Å²) < 4.78 is 10.4. The molecule has 0 atom stereocenters. The van der Waals surface area contributed by atoms with Crippen LogP contribution in [-0.4, -0.2) is 43.0 Å². The van der Waals surface area contributed by atoms with Crippen molar-refractivity contribution in [3.8, 4) is 0 Å². The number of anilines is 1. The number of benzene rings is 1. The number of amides is 2. The molecule has 0 radical (unpaired) electrons. The predicted molar refractivity (Wildman–Crippen MR) is 87.7 cm³/mol. The number of carbonyl (C=O) groups is 2. The highest BCUT2D eigenvalue weighted by Crippen LogP contribution is 2.19. The molecule has 2 amide bonds. The highest BCUT2D eigenvalue weighted by atomic mass is 16.5. The lowest BCUT2D eigenvalue weighted by Gasteiger charge is -2.27. The Morgan fingerprint density at radius 2 is 1.96 bits per heavy atom. The monoisotopic (exact) mass is 329 g/mol. The van der Waals surface area contributed by atoms with Crippen molar-refractivity contribution < 1.29 is 18.7 Å².